The van der Waals surface area contributed by atoms with Gasteiger partial charge >= 0.3 is 0 Å². The van der Waals surface area contributed by atoms with E-state index < -0.39 is 30.4 Å². The smallest absolute Gasteiger partial charge is 0.252 e. The van der Waals surface area contributed by atoms with Crippen molar-refractivity contribution >= 4 is 22.9 Å². The highest BCUT2D eigenvalue weighted by atomic mass is 16.6. The Morgan fingerprint density at radius 3 is 3.04 bits per heavy atom. The molecule has 10 nitrogen and oxygen atoms in total. The van der Waals surface area contributed by atoms with Gasteiger partial charge in [0.05, 0.1) is 6.33 Å². The highest BCUT2D eigenvalue weighted by Crippen LogP contribution is 2.32. The maximum absolute atomic E-state index is 12.1. The van der Waals surface area contributed by atoms with Crippen LogP contribution in [0.25, 0.3) is 11.2 Å². The Morgan fingerprint density at radius 2 is 2.29 bits per heavy atom. The van der Waals surface area contributed by atoms with Crippen LogP contribution in [-0.4, -0.2) is 60.5 Å². The first-order valence-corrected chi connectivity index (χ1v) is 9.05. The number of fused-ring (bicyclic) bond motifs is 1. The van der Waals surface area contributed by atoms with E-state index in [9.17, 15) is 15.0 Å². The van der Waals surface area contributed by atoms with Crippen LogP contribution in [0.3, 0.4) is 0 Å². The van der Waals surface area contributed by atoms with E-state index in [-0.39, 0.29) is 30.7 Å². The van der Waals surface area contributed by atoms with Crippen molar-refractivity contribution in [2.24, 2.45) is 0 Å². The van der Waals surface area contributed by atoms with Crippen molar-refractivity contribution in [3.63, 3.8) is 0 Å². The number of nitrogens with two attached hydrogens (primary N) is 1. The summed E-state index contributed by atoms with van der Waals surface area (Å²) in [5, 5.41) is 23.1. The number of anilines is 1. The first-order chi connectivity index (χ1) is 14.0. The van der Waals surface area contributed by atoms with Crippen LogP contribution < -0.4 is 11.1 Å². The quantitative estimate of drug-likeness (QED) is 0.402. The number of ether oxygens (including phenoxy) is 1. The van der Waals surface area contributed by atoms with Crippen LogP contribution >= 0.6 is 0 Å². The summed E-state index contributed by atoms with van der Waals surface area (Å²) < 4.78 is 14.1. The van der Waals surface area contributed by atoms with Crippen LogP contribution in [0.5, 0.6) is 0 Å². The summed E-state index contributed by atoms with van der Waals surface area (Å²) in [5.74, 6) is 5.59. The summed E-state index contributed by atoms with van der Waals surface area (Å²) in [4.78, 5) is 24.8. The largest absolute Gasteiger partial charge is 0.387 e. The average molecular weight is 389 g/mol. The van der Waals surface area contributed by atoms with E-state index in [0.717, 1.165) is 12.8 Å². The van der Waals surface area contributed by atoms with Crippen LogP contribution in [0.2, 0.25) is 0 Å². The molecule has 0 bridgehead atoms. The monoisotopic (exact) mass is 389 g/mol. The number of carbonyl (C=O) groups excluding carboxylic acids is 1. The van der Waals surface area contributed by atoms with Crippen molar-refractivity contribution in [1.29, 1.82) is 0 Å². The number of imidazole rings is 1. The Balaban J connectivity index is 1.89. The van der Waals surface area contributed by atoms with Crippen LogP contribution in [0, 0.1) is 11.8 Å². The lowest BCUT2D eigenvalue weighted by atomic mass is 10.1. The molecule has 2 aromatic rings. The number of carbonyl (C=O) groups is 1. The number of nitrogens with one attached hydrogen (secondary N) is 1. The molecule has 28 heavy (non-hydrogen) atoms. The lowest BCUT2D eigenvalue weighted by Crippen LogP contribution is -2.42. The van der Waals surface area contributed by atoms with E-state index in [1.54, 1.807) is 0 Å². The number of rotatable bonds is 5. The van der Waals surface area contributed by atoms with E-state index >= 15 is 0 Å². The van der Waals surface area contributed by atoms with Crippen molar-refractivity contribution in [3.05, 3.63) is 12.2 Å². The summed E-state index contributed by atoms with van der Waals surface area (Å²) in [6, 6.07) is 0. The highest BCUT2D eigenvalue weighted by molar-refractivity contribution is 5.83. The molecule has 3 heterocycles. The number of unbranched alkanes of at least 4 members (excludes halogenated alkanes) is 2. The van der Waals surface area contributed by atoms with Gasteiger partial charge in [0, 0.05) is 14.3 Å². The Labute approximate surface area is 163 Å². The fourth-order valence-electron chi connectivity index (χ4n) is 2.92. The van der Waals surface area contributed by atoms with Gasteiger partial charge in [-0.15, -0.1) is 0 Å². The molecule has 1 fully saturated rings. The summed E-state index contributed by atoms with van der Waals surface area (Å²) in [7, 11) is 0. The van der Waals surface area contributed by atoms with E-state index in [1.807, 2.05) is 0 Å². The van der Waals surface area contributed by atoms with Crippen molar-refractivity contribution in [3.8, 4) is 11.8 Å². The van der Waals surface area contributed by atoms with E-state index in [2.05, 4.69) is 39.0 Å². The molecule has 1 aliphatic heterocycles. The third-order valence-electron chi connectivity index (χ3n) is 4.37. The fourth-order valence-corrected chi connectivity index (χ4v) is 2.92. The predicted octanol–water partition coefficient (Wildman–Crippen LogP) is -0.294. The summed E-state index contributed by atoms with van der Waals surface area (Å²) in [6.07, 6.45) is -1.17. The number of aliphatic hydroxyl groups excluding tert-OH is 2. The minimum atomic E-state index is -1.45. The Bertz CT molecular complexity index is 940. The van der Waals surface area contributed by atoms with E-state index in [1.165, 1.54) is 10.9 Å². The van der Waals surface area contributed by atoms with Crippen LogP contribution in [0.1, 0.15) is 46.5 Å². The Hall–Kier alpha value is -2.74. The molecule has 10 heteroatoms. The zero-order chi connectivity index (χ0) is 21.0. The van der Waals surface area contributed by atoms with Gasteiger partial charge in [-0.05, 0) is 19.2 Å². The number of nitrogen functional groups attached to an aromatic ring is 1. The normalized spacial score (nSPS) is 24.6. The molecule has 1 amide bonds. The van der Waals surface area contributed by atoms with Crippen LogP contribution in [0.15, 0.2) is 6.33 Å². The van der Waals surface area contributed by atoms with Gasteiger partial charge in [-0.3, -0.25) is 9.36 Å². The molecule has 1 saturated heterocycles. The molecule has 150 valence electrons. The second-order valence-electron chi connectivity index (χ2n) is 6.38. The number of amides is 1. The molecule has 1 unspecified atom stereocenters. The molecule has 0 aliphatic carbocycles. The van der Waals surface area contributed by atoms with Gasteiger partial charge in [-0.1, -0.05) is 19.3 Å². The fraction of sp³-hybridized carbons (Fsp3) is 0.556. The zero-order valence-electron chi connectivity index (χ0n) is 16.5. The molecule has 0 saturated carbocycles. The number of likely N-dealkylation sites (N-methyl/N-ethyl adjacent to an activating group) is 1. The predicted molar refractivity (Wildman–Crippen MR) is 101 cm³/mol. The molecular weight excluding hydrogens is 364 g/mol. The number of hydrogen-bond donors (Lipinski definition) is 4. The number of hydrogen-bond acceptors (Lipinski definition) is 8. The molecule has 4 atom stereocenters. The maximum atomic E-state index is 12.1. The number of nitrogens with zero attached hydrogens (tertiary/aromatic N) is 4. The highest BCUT2D eigenvalue weighted by Gasteiger charge is 2.47. The van der Waals surface area contributed by atoms with Crippen molar-refractivity contribution in [1.82, 2.24) is 24.8 Å². The second kappa shape index (κ2) is 8.52. The second-order valence-corrected chi connectivity index (χ2v) is 6.38. The first kappa shape index (κ1) is 18.6. The Kier molecular flexibility index (Phi) is 5.66. The van der Waals surface area contributed by atoms with E-state index in [0.29, 0.717) is 11.9 Å². The molecule has 0 aromatic carbocycles. The van der Waals surface area contributed by atoms with Gasteiger partial charge in [-0.25, -0.2) is 15.0 Å². The van der Waals surface area contributed by atoms with Crippen molar-refractivity contribution in [2.45, 2.75) is 57.6 Å². The molecule has 0 radical (unpaired) electrons. The SMILES string of the molecule is [2H]CCNC(=O)[C@H]1OC(n2cnc3c(N)nc(C#CCCCC)nc32)[C@H](O)[C@@H]1O. The molecule has 1 aliphatic rings. The van der Waals surface area contributed by atoms with E-state index in [4.69, 9.17) is 11.8 Å². The Morgan fingerprint density at radius 1 is 1.46 bits per heavy atom. The minimum Gasteiger partial charge on any atom is -0.387 e. The van der Waals surface area contributed by atoms with Crippen LogP contribution in [-0.2, 0) is 9.53 Å². The number of aliphatic hydroxyl groups is 2. The van der Waals surface area contributed by atoms with Gasteiger partial charge < -0.3 is 26.0 Å². The first-order valence-electron chi connectivity index (χ1n) is 9.76. The van der Waals surface area contributed by atoms with Gasteiger partial charge in [0.15, 0.2) is 23.8 Å². The van der Waals surface area contributed by atoms with Crippen molar-refractivity contribution < 1.29 is 21.1 Å². The molecule has 2 aromatic heterocycles. The standard InChI is InChI=1S/C18H24N6O4/c1-3-5-6-7-8-10-22-15(19)11-16(23-10)24(9-21-11)18-13(26)12(25)14(28-18)17(27)20-4-2/h9,12-14,18,25-26H,3-6H2,1-2H3,(H,20,27)(H2,19,22,23)/t12-,13+,14-,18?/m0/s1/i2D. The molecule has 5 N–H and O–H groups in total. The van der Waals surface area contributed by atoms with Gasteiger partial charge in [0.25, 0.3) is 5.91 Å². The van der Waals surface area contributed by atoms with Crippen molar-refractivity contribution in [2.75, 3.05) is 12.3 Å². The average Bonchev–Trinajstić information content (AvgIpc) is 3.25. The maximum Gasteiger partial charge on any atom is 0.252 e. The molecule has 0 spiro atoms. The van der Waals surface area contributed by atoms with Crippen LogP contribution in [0.4, 0.5) is 5.82 Å². The zero-order valence-corrected chi connectivity index (χ0v) is 15.5. The lowest BCUT2D eigenvalue weighted by Gasteiger charge is -2.16. The van der Waals surface area contributed by atoms with Gasteiger partial charge in [0.1, 0.15) is 17.7 Å². The third kappa shape index (κ3) is 3.77. The molecule has 3 rings (SSSR count). The minimum absolute atomic E-state index is 0.00897. The van der Waals surface area contributed by atoms with Gasteiger partial charge in [0.2, 0.25) is 5.82 Å². The third-order valence-corrected chi connectivity index (χ3v) is 4.37. The summed E-state index contributed by atoms with van der Waals surface area (Å²) in [6.45, 7) is 2.18. The topological polar surface area (TPSA) is 148 Å². The lowest BCUT2D eigenvalue weighted by molar-refractivity contribution is -0.137. The van der Waals surface area contributed by atoms with Gasteiger partial charge in [-0.2, -0.15) is 0 Å². The summed E-state index contributed by atoms with van der Waals surface area (Å²) >= 11 is 0. The molecular formula is C18H24N6O4. The summed E-state index contributed by atoms with van der Waals surface area (Å²) in [5.41, 5.74) is 6.54. The number of aromatic nitrogens is 4.